The predicted molar refractivity (Wildman–Crippen MR) is 57.7 cm³/mol. The zero-order chi connectivity index (χ0) is 11.7. The molecule has 5 nitrogen and oxygen atoms in total. The molecule has 0 spiro atoms. The minimum atomic E-state index is -0.706. The van der Waals surface area contributed by atoms with E-state index >= 15 is 0 Å². The van der Waals surface area contributed by atoms with E-state index < -0.39 is 5.97 Å². The molecule has 2 atom stereocenters. The third kappa shape index (κ3) is 16.9. The number of carbonyl (C=O) groups is 2. The smallest absolute Gasteiger partial charge is 0.870 e. The van der Waals surface area contributed by atoms with Gasteiger partial charge in [-0.1, -0.05) is 27.7 Å². The number of primary amides is 1. The van der Waals surface area contributed by atoms with E-state index in [1.807, 2.05) is 20.8 Å². The number of hydrogen-bond donors (Lipinski definition) is 2. The summed E-state index contributed by atoms with van der Waals surface area (Å²) in [5, 5.41) is 8.18. The van der Waals surface area contributed by atoms with Gasteiger partial charge in [0.05, 0.1) is 5.92 Å². The molecule has 0 fully saturated rings. The Bertz CT molecular complexity index is 168. The summed E-state index contributed by atoms with van der Waals surface area (Å²) >= 11 is 0. The molecule has 92 valence electrons. The van der Waals surface area contributed by atoms with E-state index in [2.05, 4.69) is 0 Å². The molecule has 1 amide bonds. The van der Waals surface area contributed by atoms with Gasteiger partial charge < -0.3 is 16.3 Å². The van der Waals surface area contributed by atoms with Gasteiger partial charge in [0.25, 0.3) is 0 Å². The Hall–Kier alpha value is 0.536. The third-order valence-corrected chi connectivity index (χ3v) is 2.13. The largest absolute Gasteiger partial charge is 1.00 e. The van der Waals surface area contributed by atoms with Crippen molar-refractivity contribution in [3.8, 4) is 0 Å². The van der Waals surface area contributed by atoms with Crippen LogP contribution in [0.3, 0.4) is 0 Å². The van der Waals surface area contributed by atoms with Crippen molar-refractivity contribution >= 4 is 11.9 Å². The van der Waals surface area contributed by atoms with Crippen molar-refractivity contribution in [1.29, 1.82) is 0 Å². The van der Waals surface area contributed by atoms with Gasteiger partial charge >= 0.3 is 57.4 Å². The van der Waals surface area contributed by atoms with E-state index in [9.17, 15) is 9.59 Å². The number of amides is 1. The minimum Gasteiger partial charge on any atom is -0.870 e. The molecule has 4 N–H and O–H groups in total. The molecule has 0 rings (SSSR count). The average Bonchev–Trinajstić information content (AvgIpc) is 2.15. The standard InChI is InChI=1S/C5H11NO.C5H10O2.K.H2O/c2*1-3-4(2)5(6)7;;/h4H,3H2,1-2H3,(H2,6,7);4H,3H2,1-2H3,(H,6,7);;1H2/q;;+1;/p-1. The molecular weight excluding hydrogens is 237 g/mol. The summed E-state index contributed by atoms with van der Waals surface area (Å²) in [6, 6.07) is 0. The van der Waals surface area contributed by atoms with Crippen LogP contribution in [0.4, 0.5) is 0 Å². The summed E-state index contributed by atoms with van der Waals surface area (Å²) in [5.74, 6) is -1.05. The van der Waals surface area contributed by atoms with Crippen LogP contribution in [0.5, 0.6) is 0 Å². The van der Waals surface area contributed by atoms with Crippen LogP contribution in [-0.2, 0) is 9.59 Å². The van der Waals surface area contributed by atoms with E-state index in [-0.39, 0.29) is 74.6 Å². The molecule has 0 saturated heterocycles. The molecule has 0 bridgehead atoms. The Balaban J connectivity index is -0.0000000800. The van der Waals surface area contributed by atoms with Gasteiger partial charge in [0, 0.05) is 5.92 Å². The second kappa shape index (κ2) is 15.5. The molecule has 0 heterocycles. The van der Waals surface area contributed by atoms with Crippen LogP contribution in [0.1, 0.15) is 40.5 Å². The van der Waals surface area contributed by atoms with E-state index in [1.54, 1.807) is 6.92 Å². The fourth-order valence-electron chi connectivity index (χ4n) is 0.376. The van der Waals surface area contributed by atoms with Crippen LogP contribution in [-0.4, -0.2) is 22.5 Å². The zero-order valence-corrected chi connectivity index (χ0v) is 14.0. The Kier molecular flexibility index (Phi) is 24.7. The van der Waals surface area contributed by atoms with Crippen molar-refractivity contribution < 1.29 is 71.6 Å². The second-order valence-corrected chi connectivity index (χ2v) is 3.36. The van der Waals surface area contributed by atoms with Crippen LogP contribution in [0.15, 0.2) is 0 Å². The van der Waals surface area contributed by atoms with Gasteiger partial charge in [0.2, 0.25) is 5.91 Å². The molecule has 2 unspecified atom stereocenters. The zero-order valence-electron chi connectivity index (χ0n) is 10.9. The van der Waals surface area contributed by atoms with Crippen molar-refractivity contribution in [3.63, 3.8) is 0 Å². The quantitative estimate of drug-likeness (QED) is 0.596. The molecule has 0 saturated carbocycles. The fourth-order valence-corrected chi connectivity index (χ4v) is 0.376. The van der Waals surface area contributed by atoms with Crippen molar-refractivity contribution in [2.45, 2.75) is 40.5 Å². The van der Waals surface area contributed by atoms with Crippen molar-refractivity contribution in [1.82, 2.24) is 0 Å². The van der Waals surface area contributed by atoms with E-state index in [4.69, 9.17) is 10.8 Å². The summed E-state index contributed by atoms with van der Waals surface area (Å²) < 4.78 is 0. The number of rotatable bonds is 4. The Labute approximate surface area is 140 Å². The summed E-state index contributed by atoms with van der Waals surface area (Å²) in [6.07, 6.45) is 1.56. The van der Waals surface area contributed by atoms with Crippen LogP contribution in [0.2, 0.25) is 0 Å². The minimum absolute atomic E-state index is 0. The molecule has 0 radical (unpaired) electrons. The Morgan fingerprint density at radius 2 is 1.44 bits per heavy atom. The molecule has 0 aliphatic carbocycles. The number of hydrogen-bond acceptors (Lipinski definition) is 3. The number of carboxylic acids is 1. The number of carboxylic acid groups (broad SMARTS) is 1. The Morgan fingerprint density at radius 3 is 1.44 bits per heavy atom. The van der Waals surface area contributed by atoms with Gasteiger partial charge in [-0.05, 0) is 12.8 Å². The van der Waals surface area contributed by atoms with Crippen molar-refractivity contribution in [3.05, 3.63) is 0 Å². The first-order valence-electron chi connectivity index (χ1n) is 4.88. The first kappa shape index (κ1) is 25.4. The average molecular weight is 259 g/mol. The Morgan fingerprint density at radius 1 is 1.12 bits per heavy atom. The first-order chi connectivity index (χ1) is 6.36. The maximum Gasteiger partial charge on any atom is 1.00 e. The molecule has 0 aromatic carbocycles. The van der Waals surface area contributed by atoms with Crippen molar-refractivity contribution in [2.75, 3.05) is 0 Å². The van der Waals surface area contributed by atoms with Gasteiger partial charge in [-0.15, -0.1) is 0 Å². The van der Waals surface area contributed by atoms with Gasteiger partial charge in [0.15, 0.2) is 0 Å². The van der Waals surface area contributed by atoms with Gasteiger partial charge in [-0.3, -0.25) is 9.59 Å². The summed E-state index contributed by atoms with van der Waals surface area (Å²) in [5.41, 5.74) is 4.91. The maximum atomic E-state index is 10.2. The van der Waals surface area contributed by atoms with E-state index in [0.717, 1.165) is 12.8 Å². The second-order valence-electron chi connectivity index (χ2n) is 3.36. The van der Waals surface area contributed by atoms with Gasteiger partial charge in [0.1, 0.15) is 0 Å². The normalized spacial score (nSPS) is 11.8. The van der Waals surface area contributed by atoms with Crippen LogP contribution >= 0.6 is 0 Å². The van der Waals surface area contributed by atoms with Crippen LogP contribution in [0, 0.1) is 11.8 Å². The molecule has 0 aromatic heterocycles. The summed E-state index contributed by atoms with van der Waals surface area (Å²) in [6.45, 7) is 7.32. The first-order valence-corrected chi connectivity index (χ1v) is 4.88. The number of nitrogens with two attached hydrogens (primary N) is 1. The molecule has 0 aromatic rings. The maximum absolute atomic E-state index is 10.2. The third-order valence-electron chi connectivity index (χ3n) is 2.13. The van der Waals surface area contributed by atoms with Crippen molar-refractivity contribution in [2.24, 2.45) is 17.6 Å². The fraction of sp³-hybridized carbons (Fsp3) is 0.800. The van der Waals surface area contributed by atoms with Gasteiger partial charge in [-0.2, -0.15) is 0 Å². The SMILES string of the molecule is CCC(C)C(=O)O.CCC(C)C(N)=O.[K+].[OH-]. The summed E-state index contributed by atoms with van der Waals surface area (Å²) in [4.78, 5) is 20.1. The predicted octanol–water partition coefficient (Wildman–Crippen LogP) is -1.54. The molecule has 6 heteroatoms. The number of aliphatic carboxylic acids is 1. The topological polar surface area (TPSA) is 110 Å². The monoisotopic (exact) mass is 259 g/mol. The van der Waals surface area contributed by atoms with E-state index in [1.165, 1.54) is 0 Å². The molecular formula is C10H22KNO4. The summed E-state index contributed by atoms with van der Waals surface area (Å²) in [7, 11) is 0. The molecule has 0 aliphatic rings. The van der Waals surface area contributed by atoms with Crippen LogP contribution < -0.4 is 57.1 Å². The van der Waals surface area contributed by atoms with Crippen LogP contribution in [0.25, 0.3) is 0 Å². The number of carbonyl (C=O) groups excluding carboxylic acids is 1. The molecule has 0 aliphatic heterocycles. The van der Waals surface area contributed by atoms with Gasteiger partial charge in [-0.25, -0.2) is 0 Å². The molecule has 16 heavy (non-hydrogen) atoms. The van der Waals surface area contributed by atoms with E-state index in [0.29, 0.717) is 0 Å².